The number of methoxy groups -OCH3 is 1. The van der Waals surface area contributed by atoms with Crippen LogP contribution in [0.1, 0.15) is 18.3 Å². The number of aryl methyl sites for hydroxylation is 2. The predicted molar refractivity (Wildman–Crippen MR) is 75.0 cm³/mol. The van der Waals surface area contributed by atoms with Crippen LogP contribution in [0.15, 0.2) is 24.4 Å². The summed E-state index contributed by atoms with van der Waals surface area (Å²) in [5.41, 5.74) is 2.87. The average Bonchev–Trinajstić information content (AvgIpc) is 2.39. The number of pyridine rings is 1. The minimum atomic E-state index is 0.598. The number of rotatable bonds is 4. The highest BCUT2D eigenvalue weighted by atomic mass is 16.5. The highest BCUT2D eigenvalue weighted by Crippen LogP contribution is 2.22. The van der Waals surface area contributed by atoms with E-state index in [1.807, 2.05) is 36.9 Å². The molecule has 0 saturated carbocycles. The van der Waals surface area contributed by atoms with Gasteiger partial charge in [0.2, 0.25) is 11.8 Å². The number of anilines is 2. The topological polar surface area (TPSA) is 51.1 Å². The molecule has 0 saturated heterocycles. The molecule has 5 heteroatoms. The Morgan fingerprint density at radius 2 is 1.84 bits per heavy atom. The number of aromatic nitrogens is 3. The van der Waals surface area contributed by atoms with E-state index in [0.717, 1.165) is 23.6 Å². The Morgan fingerprint density at radius 1 is 1.16 bits per heavy atom. The van der Waals surface area contributed by atoms with Crippen LogP contribution in [0.25, 0.3) is 0 Å². The van der Waals surface area contributed by atoms with Crippen LogP contribution in [0.4, 0.5) is 11.6 Å². The summed E-state index contributed by atoms with van der Waals surface area (Å²) >= 11 is 0. The van der Waals surface area contributed by atoms with E-state index in [-0.39, 0.29) is 0 Å². The van der Waals surface area contributed by atoms with E-state index in [0.29, 0.717) is 11.8 Å². The van der Waals surface area contributed by atoms with Crippen LogP contribution in [0.3, 0.4) is 0 Å². The van der Waals surface area contributed by atoms with Gasteiger partial charge in [-0.2, -0.15) is 0 Å². The molecule has 0 N–H and O–H groups in total. The molecule has 0 fully saturated rings. The number of hydrogen-bond donors (Lipinski definition) is 0. The van der Waals surface area contributed by atoms with Crippen molar-refractivity contribution in [3.05, 3.63) is 35.8 Å². The summed E-state index contributed by atoms with van der Waals surface area (Å²) < 4.78 is 5.07. The summed E-state index contributed by atoms with van der Waals surface area (Å²) in [5, 5.41) is 0. The van der Waals surface area contributed by atoms with Gasteiger partial charge in [-0.15, -0.1) is 0 Å². The first-order chi connectivity index (χ1) is 9.13. The lowest BCUT2D eigenvalue weighted by atomic mass is 10.3. The van der Waals surface area contributed by atoms with Gasteiger partial charge >= 0.3 is 0 Å². The molecule has 2 aromatic rings. The summed E-state index contributed by atoms with van der Waals surface area (Å²) in [7, 11) is 1.60. The Kier molecular flexibility index (Phi) is 3.94. The van der Waals surface area contributed by atoms with Gasteiger partial charge in [-0.1, -0.05) is 0 Å². The smallest absolute Gasteiger partial charge is 0.230 e. The molecule has 5 nitrogen and oxygen atoms in total. The summed E-state index contributed by atoms with van der Waals surface area (Å²) in [6.07, 6.45) is 1.77. The van der Waals surface area contributed by atoms with E-state index < -0.39 is 0 Å². The van der Waals surface area contributed by atoms with Crippen molar-refractivity contribution in [3.63, 3.8) is 0 Å². The Morgan fingerprint density at radius 3 is 2.32 bits per heavy atom. The van der Waals surface area contributed by atoms with Gasteiger partial charge in [0.05, 0.1) is 19.0 Å². The molecule has 2 aromatic heterocycles. The second-order valence-electron chi connectivity index (χ2n) is 4.25. The van der Waals surface area contributed by atoms with Crippen LogP contribution in [-0.4, -0.2) is 28.6 Å². The van der Waals surface area contributed by atoms with Crippen LogP contribution in [0.5, 0.6) is 5.88 Å². The summed E-state index contributed by atoms with van der Waals surface area (Å²) in [4.78, 5) is 15.2. The molecule has 0 bridgehead atoms. The van der Waals surface area contributed by atoms with Crippen molar-refractivity contribution in [3.8, 4) is 5.88 Å². The first-order valence-electron chi connectivity index (χ1n) is 6.24. The second-order valence-corrected chi connectivity index (χ2v) is 4.25. The molecule has 2 heterocycles. The summed E-state index contributed by atoms with van der Waals surface area (Å²) in [6.45, 7) is 6.78. The zero-order chi connectivity index (χ0) is 13.8. The maximum atomic E-state index is 5.07. The van der Waals surface area contributed by atoms with Crippen molar-refractivity contribution in [2.24, 2.45) is 0 Å². The fraction of sp³-hybridized carbons (Fsp3) is 0.357. The van der Waals surface area contributed by atoms with Gasteiger partial charge in [0, 0.05) is 24.0 Å². The van der Waals surface area contributed by atoms with Crippen molar-refractivity contribution in [1.29, 1.82) is 0 Å². The van der Waals surface area contributed by atoms with Crippen LogP contribution < -0.4 is 9.64 Å². The monoisotopic (exact) mass is 258 g/mol. The molecule has 0 aliphatic heterocycles. The molecule has 2 rings (SSSR count). The van der Waals surface area contributed by atoms with Crippen LogP contribution in [0.2, 0.25) is 0 Å². The second kappa shape index (κ2) is 5.65. The Labute approximate surface area is 113 Å². The van der Waals surface area contributed by atoms with Gasteiger partial charge in [-0.3, -0.25) is 0 Å². The van der Waals surface area contributed by atoms with Crippen LogP contribution in [-0.2, 0) is 0 Å². The van der Waals surface area contributed by atoms with Crippen LogP contribution >= 0.6 is 0 Å². The summed E-state index contributed by atoms with van der Waals surface area (Å²) in [6, 6.07) is 5.75. The molecule has 0 radical (unpaired) electrons. The lowest BCUT2D eigenvalue weighted by Gasteiger charge is -2.21. The Hall–Kier alpha value is -2.17. The molecule has 0 spiro atoms. The lowest BCUT2D eigenvalue weighted by Crippen LogP contribution is -2.19. The molecule has 0 aliphatic rings. The van der Waals surface area contributed by atoms with E-state index in [1.165, 1.54) is 0 Å². The highest BCUT2D eigenvalue weighted by molar-refractivity contribution is 5.56. The molecule has 100 valence electrons. The third-order valence-corrected chi connectivity index (χ3v) is 2.77. The van der Waals surface area contributed by atoms with Gasteiger partial charge in [-0.05, 0) is 32.9 Å². The fourth-order valence-corrected chi connectivity index (χ4v) is 1.92. The Balaban J connectivity index is 2.37. The fourth-order valence-electron chi connectivity index (χ4n) is 1.92. The van der Waals surface area contributed by atoms with Crippen molar-refractivity contribution in [2.45, 2.75) is 20.8 Å². The minimum Gasteiger partial charge on any atom is -0.481 e. The first-order valence-corrected chi connectivity index (χ1v) is 6.24. The maximum absolute atomic E-state index is 5.07. The molecule has 0 amide bonds. The van der Waals surface area contributed by atoms with Gasteiger partial charge in [0.15, 0.2) is 0 Å². The van der Waals surface area contributed by atoms with Crippen molar-refractivity contribution < 1.29 is 4.74 Å². The number of ether oxygens (including phenoxy) is 1. The first kappa shape index (κ1) is 13.3. The van der Waals surface area contributed by atoms with Crippen LogP contribution in [0, 0.1) is 13.8 Å². The quantitative estimate of drug-likeness (QED) is 0.843. The van der Waals surface area contributed by atoms with Gasteiger partial charge < -0.3 is 9.64 Å². The number of nitrogens with zero attached hydrogens (tertiary/aromatic N) is 4. The normalized spacial score (nSPS) is 10.3. The van der Waals surface area contributed by atoms with Gasteiger partial charge in [0.1, 0.15) is 0 Å². The predicted octanol–water partition coefficient (Wildman–Crippen LogP) is 2.66. The van der Waals surface area contributed by atoms with E-state index in [1.54, 1.807) is 13.3 Å². The van der Waals surface area contributed by atoms with Gasteiger partial charge in [0.25, 0.3) is 0 Å². The molecule has 19 heavy (non-hydrogen) atoms. The van der Waals surface area contributed by atoms with Crippen molar-refractivity contribution in [2.75, 3.05) is 18.6 Å². The highest BCUT2D eigenvalue weighted by Gasteiger charge is 2.11. The third kappa shape index (κ3) is 2.99. The SMILES string of the molecule is CCN(c1ccc(OC)nc1)c1nc(C)cc(C)n1. The molecular formula is C14H18N4O. The largest absolute Gasteiger partial charge is 0.481 e. The van der Waals surface area contributed by atoms with Crippen molar-refractivity contribution >= 4 is 11.6 Å². The average molecular weight is 258 g/mol. The third-order valence-electron chi connectivity index (χ3n) is 2.77. The van der Waals surface area contributed by atoms with E-state index in [9.17, 15) is 0 Å². The van der Waals surface area contributed by atoms with E-state index in [4.69, 9.17) is 4.74 Å². The standard InChI is InChI=1S/C14H18N4O/c1-5-18(12-6-7-13(19-4)15-9-12)14-16-10(2)8-11(3)17-14/h6-9H,5H2,1-4H3. The maximum Gasteiger partial charge on any atom is 0.230 e. The molecule has 0 atom stereocenters. The zero-order valence-electron chi connectivity index (χ0n) is 11.7. The van der Waals surface area contributed by atoms with E-state index in [2.05, 4.69) is 21.9 Å². The summed E-state index contributed by atoms with van der Waals surface area (Å²) in [5.74, 6) is 1.30. The zero-order valence-corrected chi connectivity index (χ0v) is 11.7. The molecule has 0 aromatic carbocycles. The molecule has 0 aliphatic carbocycles. The molecular weight excluding hydrogens is 240 g/mol. The van der Waals surface area contributed by atoms with Crippen molar-refractivity contribution in [1.82, 2.24) is 15.0 Å². The number of hydrogen-bond acceptors (Lipinski definition) is 5. The Bertz CT molecular complexity index is 534. The minimum absolute atomic E-state index is 0.598. The van der Waals surface area contributed by atoms with Gasteiger partial charge in [-0.25, -0.2) is 15.0 Å². The van der Waals surface area contributed by atoms with E-state index >= 15 is 0 Å². The lowest BCUT2D eigenvalue weighted by molar-refractivity contribution is 0.398. The molecule has 0 unspecified atom stereocenters.